The van der Waals surface area contributed by atoms with E-state index in [1.54, 1.807) is 31.2 Å². The van der Waals surface area contributed by atoms with Crippen molar-refractivity contribution < 1.29 is 19.1 Å². The summed E-state index contributed by atoms with van der Waals surface area (Å²) in [5.41, 5.74) is 7.67. The molecule has 0 atom stereocenters. The second kappa shape index (κ2) is 7.70. The Morgan fingerprint density at radius 1 is 1.37 bits per heavy atom. The number of hydrogen-bond donors (Lipinski definition) is 2. The standard InChI is InChI=1S/C12H15N3O4/c1-2-18-11(16)8-19-10-5-3-9(4-6-10)7-14-15-12(13)17/h3-7H,2,8H2,1H3,(H3,13,15,17)/b14-7-. The quantitative estimate of drug-likeness (QED) is 0.447. The summed E-state index contributed by atoms with van der Waals surface area (Å²) in [6.45, 7) is 1.92. The topological polar surface area (TPSA) is 103 Å². The zero-order valence-corrected chi connectivity index (χ0v) is 10.5. The number of primary amides is 1. The number of nitrogens with zero attached hydrogens (tertiary/aromatic N) is 1. The van der Waals surface area contributed by atoms with E-state index in [-0.39, 0.29) is 6.61 Å². The van der Waals surface area contributed by atoms with Gasteiger partial charge in [-0.1, -0.05) is 0 Å². The van der Waals surface area contributed by atoms with Gasteiger partial charge in [0.1, 0.15) is 5.75 Å². The lowest BCUT2D eigenvalue weighted by Crippen LogP contribution is -2.24. The summed E-state index contributed by atoms with van der Waals surface area (Å²) < 4.78 is 9.93. The summed E-state index contributed by atoms with van der Waals surface area (Å²) >= 11 is 0. The molecule has 0 bridgehead atoms. The van der Waals surface area contributed by atoms with Crippen molar-refractivity contribution in [3.05, 3.63) is 29.8 Å². The maximum Gasteiger partial charge on any atom is 0.344 e. The van der Waals surface area contributed by atoms with Crippen LogP contribution in [0.3, 0.4) is 0 Å². The van der Waals surface area contributed by atoms with E-state index >= 15 is 0 Å². The largest absolute Gasteiger partial charge is 0.482 e. The van der Waals surface area contributed by atoms with Crippen molar-refractivity contribution in [1.82, 2.24) is 5.43 Å². The second-order valence-electron chi connectivity index (χ2n) is 3.40. The first-order valence-corrected chi connectivity index (χ1v) is 5.59. The van der Waals surface area contributed by atoms with Crippen LogP contribution in [-0.2, 0) is 9.53 Å². The van der Waals surface area contributed by atoms with E-state index in [0.29, 0.717) is 12.4 Å². The molecule has 3 N–H and O–H groups in total. The highest BCUT2D eigenvalue weighted by atomic mass is 16.6. The van der Waals surface area contributed by atoms with Gasteiger partial charge in [-0.15, -0.1) is 0 Å². The van der Waals surface area contributed by atoms with E-state index in [1.165, 1.54) is 6.21 Å². The number of esters is 1. The number of hydrogen-bond acceptors (Lipinski definition) is 5. The predicted molar refractivity (Wildman–Crippen MR) is 68.9 cm³/mol. The molecule has 0 aliphatic rings. The molecule has 2 amide bonds. The van der Waals surface area contributed by atoms with Crippen LogP contribution in [0.5, 0.6) is 5.75 Å². The van der Waals surface area contributed by atoms with Crippen molar-refractivity contribution in [1.29, 1.82) is 0 Å². The van der Waals surface area contributed by atoms with Gasteiger partial charge in [0.05, 0.1) is 12.8 Å². The third kappa shape index (κ3) is 6.06. The fourth-order valence-electron chi connectivity index (χ4n) is 1.17. The van der Waals surface area contributed by atoms with Crippen LogP contribution in [0.15, 0.2) is 29.4 Å². The zero-order valence-electron chi connectivity index (χ0n) is 10.5. The number of benzene rings is 1. The summed E-state index contributed by atoms with van der Waals surface area (Å²) in [6.07, 6.45) is 1.43. The number of urea groups is 1. The van der Waals surface area contributed by atoms with Crippen LogP contribution in [0.2, 0.25) is 0 Å². The van der Waals surface area contributed by atoms with E-state index in [0.717, 1.165) is 5.56 Å². The number of rotatable bonds is 6. The van der Waals surface area contributed by atoms with Crippen LogP contribution in [0.1, 0.15) is 12.5 Å². The Morgan fingerprint density at radius 3 is 2.63 bits per heavy atom. The molecule has 1 aromatic rings. The normalized spacial score (nSPS) is 10.2. The molecular formula is C12H15N3O4. The first-order chi connectivity index (χ1) is 9.11. The summed E-state index contributed by atoms with van der Waals surface area (Å²) in [7, 11) is 0. The molecule has 0 radical (unpaired) electrons. The maximum absolute atomic E-state index is 11.1. The van der Waals surface area contributed by atoms with Crippen molar-refractivity contribution in [2.24, 2.45) is 10.8 Å². The molecule has 7 heteroatoms. The zero-order chi connectivity index (χ0) is 14.1. The van der Waals surface area contributed by atoms with Crippen LogP contribution < -0.4 is 15.9 Å². The van der Waals surface area contributed by atoms with Crippen molar-refractivity contribution >= 4 is 18.2 Å². The number of carbonyl (C=O) groups excluding carboxylic acids is 2. The van der Waals surface area contributed by atoms with E-state index in [4.69, 9.17) is 15.2 Å². The van der Waals surface area contributed by atoms with Gasteiger partial charge in [-0.3, -0.25) is 0 Å². The SMILES string of the molecule is CCOC(=O)COc1ccc(/C=N\NC(N)=O)cc1. The first-order valence-electron chi connectivity index (χ1n) is 5.59. The molecule has 0 aliphatic heterocycles. The number of nitrogens with two attached hydrogens (primary N) is 1. The molecule has 102 valence electrons. The predicted octanol–water partition coefficient (Wildman–Crippen LogP) is 0.631. The minimum Gasteiger partial charge on any atom is -0.482 e. The Kier molecular flexibility index (Phi) is 5.87. The van der Waals surface area contributed by atoms with Gasteiger partial charge in [-0.05, 0) is 36.8 Å². The fourth-order valence-corrected chi connectivity index (χ4v) is 1.17. The molecule has 0 aliphatic carbocycles. The van der Waals surface area contributed by atoms with Gasteiger partial charge in [0.2, 0.25) is 0 Å². The van der Waals surface area contributed by atoms with Crippen molar-refractivity contribution in [2.75, 3.05) is 13.2 Å². The van der Waals surface area contributed by atoms with Crippen LogP contribution in [-0.4, -0.2) is 31.4 Å². The number of carbonyl (C=O) groups is 2. The average molecular weight is 265 g/mol. The van der Waals surface area contributed by atoms with Gasteiger partial charge in [0.15, 0.2) is 6.61 Å². The molecule has 1 rings (SSSR count). The number of nitrogens with one attached hydrogen (secondary N) is 1. The highest BCUT2D eigenvalue weighted by Crippen LogP contribution is 2.10. The molecule has 0 spiro atoms. The number of ether oxygens (including phenoxy) is 2. The average Bonchev–Trinajstić information content (AvgIpc) is 2.38. The van der Waals surface area contributed by atoms with Crippen molar-refractivity contribution in [3.8, 4) is 5.75 Å². The molecule has 7 nitrogen and oxygen atoms in total. The molecular weight excluding hydrogens is 250 g/mol. The van der Waals surface area contributed by atoms with Gasteiger partial charge in [0, 0.05) is 0 Å². The van der Waals surface area contributed by atoms with Crippen LogP contribution in [0.4, 0.5) is 4.79 Å². The fraction of sp³-hybridized carbons (Fsp3) is 0.250. The van der Waals surface area contributed by atoms with E-state index < -0.39 is 12.0 Å². The molecule has 0 unspecified atom stereocenters. The maximum atomic E-state index is 11.1. The number of amides is 2. The Labute approximate surface area is 110 Å². The minimum absolute atomic E-state index is 0.134. The van der Waals surface area contributed by atoms with Gasteiger partial charge < -0.3 is 15.2 Å². The van der Waals surface area contributed by atoms with Crippen molar-refractivity contribution in [2.45, 2.75) is 6.92 Å². The molecule has 0 heterocycles. The lowest BCUT2D eigenvalue weighted by atomic mass is 10.2. The Bertz CT molecular complexity index is 457. The molecule has 0 fully saturated rings. The van der Waals surface area contributed by atoms with E-state index in [1.807, 2.05) is 0 Å². The highest BCUT2D eigenvalue weighted by molar-refractivity contribution is 5.81. The highest BCUT2D eigenvalue weighted by Gasteiger charge is 2.02. The summed E-state index contributed by atoms with van der Waals surface area (Å²) in [5, 5.41) is 3.60. The van der Waals surface area contributed by atoms with Gasteiger partial charge in [0.25, 0.3) is 0 Å². The third-order valence-corrected chi connectivity index (χ3v) is 1.93. The lowest BCUT2D eigenvalue weighted by molar-refractivity contribution is -0.145. The Balaban J connectivity index is 2.45. The van der Waals surface area contributed by atoms with Gasteiger partial charge >= 0.3 is 12.0 Å². The molecule has 0 saturated heterocycles. The van der Waals surface area contributed by atoms with Crippen LogP contribution in [0.25, 0.3) is 0 Å². The Hall–Kier alpha value is -2.57. The molecule has 1 aromatic carbocycles. The lowest BCUT2D eigenvalue weighted by Gasteiger charge is -2.05. The second-order valence-corrected chi connectivity index (χ2v) is 3.40. The molecule has 0 saturated carbocycles. The van der Waals surface area contributed by atoms with Gasteiger partial charge in [-0.2, -0.15) is 5.10 Å². The first kappa shape index (κ1) is 14.5. The van der Waals surface area contributed by atoms with E-state index in [2.05, 4.69) is 10.5 Å². The van der Waals surface area contributed by atoms with Gasteiger partial charge in [-0.25, -0.2) is 15.0 Å². The van der Waals surface area contributed by atoms with Crippen molar-refractivity contribution in [3.63, 3.8) is 0 Å². The summed E-state index contributed by atoms with van der Waals surface area (Å²) in [4.78, 5) is 21.4. The Morgan fingerprint density at radius 2 is 2.05 bits per heavy atom. The smallest absolute Gasteiger partial charge is 0.344 e. The number of hydrazone groups is 1. The summed E-state index contributed by atoms with van der Waals surface area (Å²) in [6, 6.07) is 6.04. The summed E-state index contributed by atoms with van der Waals surface area (Å²) in [5.74, 6) is 0.117. The minimum atomic E-state index is -0.731. The third-order valence-electron chi connectivity index (χ3n) is 1.93. The monoisotopic (exact) mass is 265 g/mol. The molecule has 0 aromatic heterocycles. The molecule has 19 heavy (non-hydrogen) atoms. The van der Waals surface area contributed by atoms with E-state index in [9.17, 15) is 9.59 Å². The van der Waals surface area contributed by atoms with Crippen LogP contribution >= 0.6 is 0 Å². The van der Waals surface area contributed by atoms with Crippen LogP contribution in [0, 0.1) is 0 Å².